The third kappa shape index (κ3) is 3.27. The summed E-state index contributed by atoms with van der Waals surface area (Å²) >= 11 is 9.12. The molecule has 1 heterocycles. The van der Waals surface area contributed by atoms with Crippen molar-refractivity contribution in [3.8, 4) is 6.07 Å². The molecule has 0 aromatic heterocycles. The van der Waals surface area contributed by atoms with Crippen molar-refractivity contribution >= 4 is 56.5 Å². The molecule has 2 aromatic rings. The van der Waals surface area contributed by atoms with E-state index >= 15 is 0 Å². The first-order chi connectivity index (χ1) is 11.9. The highest BCUT2D eigenvalue weighted by Crippen LogP contribution is 2.31. The molecule has 0 aliphatic carbocycles. The summed E-state index contributed by atoms with van der Waals surface area (Å²) in [5.74, 6) is -1.98. The fourth-order valence-corrected chi connectivity index (χ4v) is 3.01. The molecule has 1 aliphatic heterocycles. The zero-order valence-electron chi connectivity index (χ0n) is 12.5. The van der Waals surface area contributed by atoms with Gasteiger partial charge in [0.2, 0.25) is 5.91 Å². The van der Waals surface area contributed by atoms with Crippen molar-refractivity contribution in [2.75, 3.05) is 16.8 Å². The molecule has 8 heteroatoms. The number of fused-ring (bicyclic) bond motifs is 1. The Hall–Kier alpha value is -2.69. The number of benzene rings is 2. The van der Waals surface area contributed by atoms with Crippen molar-refractivity contribution < 1.29 is 14.4 Å². The van der Waals surface area contributed by atoms with Crippen molar-refractivity contribution in [3.63, 3.8) is 0 Å². The zero-order valence-corrected chi connectivity index (χ0v) is 14.9. The van der Waals surface area contributed by atoms with Crippen LogP contribution in [0.2, 0.25) is 5.02 Å². The van der Waals surface area contributed by atoms with Crippen LogP contribution in [-0.2, 0) is 9.59 Å². The van der Waals surface area contributed by atoms with Gasteiger partial charge in [0.05, 0.1) is 22.5 Å². The average Bonchev–Trinajstić information content (AvgIpc) is 2.80. The number of anilines is 2. The van der Waals surface area contributed by atoms with Gasteiger partial charge < -0.3 is 5.32 Å². The summed E-state index contributed by atoms with van der Waals surface area (Å²) in [4.78, 5) is 37.6. The predicted octanol–water partition coefficient (Wildman–Crippen LogP) is 3.14. The average molecular weight is 419 g/mol. The molecule has 25 heavy (non-hydrogen) atoms. The molecule has 0 spiro atoms. The summed E-state index contributed by atoms with van der Waals surface area (Å²) in [5, 5.41) is 12.0. The highest BCUT2D eigenvalue weighted by Gasteiger charge is 2.36. The van der Waals surface area contributed by atoms with Gasteiger partial charge in [0.15, 0.2) is 0 Å². The normalized spacial score (nSPS) is 12.8. The maximum Gasteiger partial charge on any atom is 0.299 e. The molecule has 0 atom stereocenters. The van der Waals surface area contributed by atoms with Gasteiger partial charge in [-0.1, -0.05) is 27.5 Å². The van der Waals surface area contributed by atoms with E-state index in [-0.39, 0.29) is 23.4 Å². The summed E-state index contributed by atoms with van der Waals surface area (Å²) < 4.78 is 0.663. The topological polar surface area (TPSA) is 90.3 Å². The van der Waals surface area contributed by atoms with Crippen LogP contribution < -0.4 is 10.2 Å². The molecule has 0 fully saturated rings. The van der Waals surface area contributed by atoms with E-state index in [4.69, 9.17) is 16.9 Å². The molecule has 124 valence electrons. The van der Waals surface area contributed by atoms with Crippen LogP contribution in [0.15, 0.2) is 40.9 Å². The van der Waals surface area contributed by atoms with E-state index in [2.05, 4.69) is 21.2 Å². The van der Waals surface area contributed by atoms with Gasteiger partial charge in [-0.15, -0.1) is 0 Å². The Bertz CT molecular complexity index is 968. The third-order valence-electron chi connectivity index (χ3n) is 3.61. The Balaban J connectivity index is 1.83. The summed E-state index contributed by atoms with van der Waals surface area (Å²) in [6.45, 7) is -0.351. The smallest absolute Gasteiger partial charge is 0.299 e. The van der Waals surface area contributed by atoms with Gasteiger partial charge in [-0.25, -0.2) is 0 Å². The fraction of sp³-hybridized carbons (Fsp3) is 0.0588. The first kappa shape index (κ1) is 17.1. The minimum Gasteiger partial charge on any atom is -0.323 e. The van der Waals surface area contributed by atoms with Crippen LogP contribution in [-0.4, -0.2) is 24.1 Å². The number of nitriles is 1. The predicted molar refractivity (Wildman–Crippen MR) is 95.6 cm³/mol. The first-order valence-corrected chi connectivity index (χ1v) is 8.23. The molecule has 1 aliphatic rings. The lowest BCUT2D eigenvalue weighted by atomic mass is 10.1. The molecule has 1 N–H and O–H groups in total. The van der Waals surface area contributed by atoms with Gasteiger partial charge in [-0.2, -0.15) is 5.26 Å². The molecule has 0 saturated heterocycles. The maximum absolute atomic E-state index is 12.3. The maximum atomic E-state index is 12.3. The highest BCUT2D eigenvalue weighted by atomic mass is 79.9. The van der Waals surface area contributed by atoms with Crippen LogP contribution in [0.1, 0.15) is 15.9 Å². The summed E-state index contributed by atoms with van der Waals surface area (Å²) in [6, 6.07) is 11.2. The van der Waals surface area contributed by atoms with Gasteiger partial charge >= 0.3 is 0 Å². The Kier molecular flexibility index (Phi) is 4.57. The number of amides is 2. The van der Waals surface area contributed by atoms with Crippen LogP contribution in [0.25, 0.3) is 0 Å². The van der Waals surface area contributed by atoms with Crippen molar-refractivity contribution in [2.45, 2.75) is 0 Å². The minimum atomic E-state index is -0.769. The summed E-state index contributed by atoms with van der Waals surface area (Å²) in [6.07, 6.45) is 0. The van der Waals surface area contributed by atoms with E-state index in [1.165, 1.54) is 24.3 Å². The second-order valence-electron chi connectivity index (χ2n) is 5.23. The van der Waals surface area contributed by atoms with Crippen molar-refractivity contribution in [3.05, 3.63) is 57.0 Å². The number of hydrogen-bond acceptors (Lipinski definition) is 4. The number of rotatable bonds is 3. The van der Waals surface area contributed by atoms with Gasteiger partial charge in [0, 0.05) is 9.50 Å². The molecule has 2 aromatic carbocycles. The van der Waals surface area contributed by atoms with Crippen LogP contribution in [0.3, 0.4) is 0 Å². The molecule has 3 rings (SSSR count). The Morgan fingerprint density at radius 1 is 1.24 bits per heavy atom. The minimum absolute atomic E-state index is 0.242. The van der Waals surface area contributed by atoms with Crippen molar-refractivity contribution in [1.29, 1.82) is 5.26 Å². The fourth-order valence-electron chi connectivity index (χ4n) is 2.48. The monoisotopic (exact) mass is 417 g/mol. The number of Topliss-reactive ketones (excluding diaryl/α,β-unsaturated/α-hetero) is 1. The van der Waals surface area contributed by atoms with Crippen LogP contribution in [0, 0.1) is 11.3 Å². The zero-order chi connectivity index (χ0) is 18.1. The van der Waals surface area contributed by atoms with Crippen LogP contribution in [0.5, 0.6) is 0 Å². The molecular formula is C17H9BrClN3O3. The largest absolute Gasteiger partial charge is 0.323 e. The van der Waals surface area contributed by atoms with Gasteiger partial charge in [-0.3, -0.25) is 19.3 Å². The van der Waals surface area contributed by atoms with Gasteiger partial charge in [-0.05, 0) is 36.4 Å². The third-order valence-corrected chi connectivity index (χ3v) is 4.34. The number of ketones is 1. The standard InChI is InChI=1S/C17H9BrClN3O3/c18-10-2-4-14-12(5-10)16(24)17(25)22(14)8-15(23)21-13-6-11(19)3-1-9(13)7-20/h1-6H,8H2,(H,21,23). The number of carbonyl (C=O) groups is 3. The van der Waals surface area contributed by atoms with Crippen LogP contribution >= 0.6 is 27.5 Å². The number of halogens is 2. The molecule has 0 radical (unpaired) electrons. The summed E-state index contributed by atoms with van der Waals surface area (Å²) in [5.41, 5.74) is 1.10. The van der Waals surface area contributed by atoms with Gasteiger partial charge in [0.1, 0.15) is 12.6 Å². The van der Waals surface area contributed by atoms with E-state index in [1.54, 1.807) is 12.1 Å². The second kappa shape index (κ2) is 6.67. The molecule has 0 bridgehead atoms. The van der Waals surface area contributed by atoms with E-state index in [9.17, 15) is 14.4 Å². The molecule has 2 amide bonds. The number of nitrogens with zero attached hydrogens (tertiary/aromatic N) is 2. The molecular weight excluding hydrogens is 410 g/mol. The van der Waals surface area contributed by atoms with Crippen LogP contribution in [0.4, 0.5) is 11.4 Å². The molecule has 0 unspecified atom stereocenters. The number of hydrogen-bond donors (Lipinski definition) is 1. The van der Waals surface area contributed by atoms with Gasteiger partial charge in [0.25, 0.3) is 11.7 Å². The van der Waals surface area contributed by atoms with E-state index in [0.717, 1.165) is 4.90 Å². The van der Waals surface area contributed by atoms with Crippen molar-refractivity contribution in [1.82, 2.24) is 0 Å². The van der Waals surface area contributed by atoms with Crippen molar-refractivity contribution in [2.24, 2.45) is 0 Å². The molecule has 6 nitrogen and oxygen atoms in total. The SMILES string of the molecule is N#Cc1ccc(Cl)cc1NC(=O)CN1C(=O)C(=O)c2cc(Br)ccc21. The summed E-state index contributed by atoms with van der Waals surface area (Å²) in [7, 11) is 0. The number of carbonyl (C=O) groups excluding carboxylic acids is 3. The lowest BCUT2D eigenvalue weighted by Crippen LogP contribution is -2.37. The Morgan fingerprint density at radius 3 is 2.72 bits per heavy atom. The quantitative estimate of drug-likeness (QED) is 0.775. The lowest BCUT2D eigenvalue weighted by molar-refractivity contribution is -0.118. The highest BCUT2D eigenvalue weighted by molar-refractivity contribution is 9.10. The Morgan fingerprint density at radius 2 is 2.00 bits per heavy atom. The van der Waals surface area contributed by atoms with E-state index in [1.807, 2.05) is 6.07 Å². The molecule has 0 saturated carbocycles. The Labute approximate surface area is 156 Å². The first-order valence-electron chi connectivity index (χ1n) is 7.06. The second-order valence-corrected chi connectivity index (χ2v) is 6.58. The van der Waals surface area contributed by atoms with E-state index < -0.39 is 17.6 Å². The lowest BCUT2D eigenvalue weighted by Gasteiger charge is -2.16. The number of nitrogens with one attached hydrogen (secondary N) is 1. The van der Waals surface area contributed by atoms with E-state index in [0.29, 0.717) is 15.2 Å².